The maximum atomic E-state index is 12.1. The molecule has 1 aliphatic rings. The van der Waals surface area contributed by atoms with Gasteiger partial charge in [-0.25, -0.2) is 0 Å². The molecule has 94 valence electrons. The zero-order valence-corrected chi connectivity index (χ0v) is 10.6. The molecule has 1 heterocycles. The van der Waals surface area contributed by atoms with E-state index in [9.17, 15) is 9.90 Å². The van der Waals surface area contributed by atoms with Gasteiger partial charge in [0.1, 0.15) is 0 Å². The molecule has 0 bridgehead atoms. The van der Waals surface area contributed by atoms with Crippen LogP contribution in [0.5, 0.6) is 0 Å². The van der Waals surface area contributed by atoms with E-state index in [2.05, 4.69) is 0 Å². The van der Waals surface area contributed by atoms with Crippen molar-refractivity contribution in [2.24, 2.45) is 11.7 Å². The molecule has 4 nitrogen and oxygen atoms in total. The first-order valence-electron chi connectivity index (χ1n) is 6.14. The van der Waals surface area contributed by atoms with Gasteiger partial charge in [0.2, 0.25) is 5.91 Å². The third kappa shape index (κ3) is 2.95. The minimum absolute atomic E-state index is 0.0408. The minimum Gasteiger partial charge on any atom is -0.393 e. The number of amides is 1. The molecule has 2 atom stereocenters. The number of rotatable bonds is 3. The second-order valence-corrected chi connectivity index (χ2v) is 5.14. The molecule has 0 radical (unpaired) electrons. The van der Waals surface area contributed by atoms with Crippen LogP contribution in [0.4, 0.5) is 0 Å². The van der Waals surface area contributed by atoms with E-state index in [0.29, 0.717) is 12.3 Å². The van der Waals surface area contributed by atoms with Crippen molar-refractivity contribution in [3.05, 3.63) is 0 Å². The molecule has 0 aliphatic carbocycles. The quantitative estimate of drug-likeness (QED) is 0.748. The standard InChI is InChI=1S/C12H24N2O2/c1-4-12(3,13)11(16)14-7-5-10(6-8-14)9(2)15/h9-10,15H,4-8,13H2,1-3H3. The van der Waals surface area contributed by atoms with Gasteiger partial charge in [-0.15, -0.1) is 0 Å². The number of likely N-dealkylation sites (tertiary alicyclic amines) is 1. The molecule has 1 fully saturated rings. The van der Waals surface area contributed by atoms with E-state index in [-0.39, 0.29) is 12.0 Å². The zero-order chi connectivity index (χ0) is 12.3. The number of nitrogens with zero attached hydrogens (tertiary/aromatic N) is 1. The van der Waals surface area contributed by atoms with Crippen LogP contribution in [0.1, 0.15) is 40.0 Å². The highest BCUT2D eigenvalue weighted by atomic mass is 16.3. The summed E-state index contributed by atoms with van der Waals surface area (Å²) >= 11 is 0. The molecule has 0 saturated carbocycles. The van der Waals surface area contributed by atoms with Crippen LogP contribution in [0.15, 0.2) is 0 Å². The van der Waals surface area contributed by atoms with Gasteiger partial charge in [0.05, 0.1) is 11.6 Å². The third-order valence-electron chi connectivity index (χ3n) is 3.73. The lowest BCUT2D eigenvalue weighted by Gasteiger charge is -2.37. The van der Waals surface area contributed by atoms with Gasteiger partial charge >= 0.3 is 0 Å². The van der Waals surface area contributed by atoms with E-state index in [1.54, 1.807) is 6.92 Å². The largest absolute Gasteiger partial charge is 0.393 e. The van der Waals surface area contributed by atoms with Gasteiger partial charge in [0, 0.05) is 13.1 Å². The molecule has 3 N–H and O–H groups in total. The van der Waals surface area contributed by atoms with Crippen molar-refractivity contribution in [3.8, 4) is 0 Å². The molecule has 0 aromatic rings. The van der Waals surface area contributed by atoms with Crippen molar-refractivity contribution in [2.75, 3.05) is 13.1 Å². The Bertz CT molecular complexity index is 243. The lowest BCUT2D eigenvalue weighted by Crippen LogP contribution is -2.55. The highest BCUT2D eigenvalue weighted by molar-refractivity contribution is 5.85. The summed E-state index contributed by atoms with van der Waals surface area (Å²) in [7, 11) is 0. The first-order chi connectivity index (χ1) is 7.38. The van der Waals surface area contributed by atoms with Gasteiger partial charge in [0.15, 0.2) is 0 Å². The van der Waals surface area contributed by atoms with Crippen molar-refractivity contribution in [3.63, 3.8) is 0 Å². The molecular formula is C12H24N2O2. The summed E-state index contributed by atoms with van der Waals surface area (Å²) in [5, 5.41) is 9.48. The summed E-state index contributed by atoms with van der Waals surface area (Å²) in [6.07, 6.45) is 2.14. The molecule has 1 aliphatic heterocycles. The maximum absolute atomic E-state index is 12.1. The Balaban J connectivity index is 2.51. The van der Waals surface area contributed by atoms with E-state index in [4.69, 9.17) is 5.73 Å². The molecule has 2 unspecified atom stereocenters. The number of aliphatic hydroxyl groups is 1. The van der Waals surface area contributed by atoms with Gasteiger partial charge in [-0.05, 0) is 39.0 Å². The summed E-state index contributed by atoms with van der Waals surface area (Å²) in [5.41, 5.74) is 5.21. The van der Waals surface area contributed by atoms with Crippen LogP contribution in [-0.4, -0.2) is 40.6 Å². The topological polar surface area (TPSA) is 66.6 Å². The van der Waals surface area contributed by atoms with E-state index in [0.717, 1.165) is 25.9 Å². The summed E-state index contributed by atoms with van der Waals surface area (Å²) in [4.78, 5) is 13.9. The molecule has 1 amide bonds. The first-order valence-corrected chi connectivity index (χ1v) is 6.14. The number of carbonyl (C=O) groups is 1. The fraction of sp³-hybridized carbons (Fsp3) is 0.917. The minimum atomic E-state index is -0.738. The predicted molar refractivity (Wildman–Crippen MR) is 63.9 cm³/mol. The van der Waals surface area contributed by atoms with Crippen LogP contribution < -0.4 is 5.73 Å². The summed E-state index contributed by atoms with van der Waals surface area (Å²) < 4.78 is 0. The van der Waals surface area contributed by atoms with Crippen molar-refractivity contribution < 1.29 is 9.90 Å². The molecule has 0 spiro atoms. The highest BCUT2D eigenvalue weighted by Crippen LogP contribution is 2.22. The van der Waals surface area contributed by atoms with Crippen LogP contribution in [0.2, 0.25) is 0 Å². The number of piperidine rings is 1. The lowest BCUT2D eigenvalue weighted by atomic mass is 9.90. The number of carbonyl (C=O) groups excluding carboxylic acids is 1. The molecule has 0 aromatic heterocycles. The second-order valence-electron chi connectivity index (χ2n) is 5.14. The van der Waals surface area contributed by atoms with Crippen LogP contribution in [0, 0.1) is 5.92 Å². The van der Waals surface area contributed by atoms with E-state index < -0.39 is 5.54 Å². The van der Waals surface area contributed by atoms with Gasteiger partial charge in [0.25, 0.3) is 0 Å². The predicted octanol–water partition coefficient (Wildman–Crippen LogP) is 0.733. The van der Waals surface area contributed by atoms with E-state index in [1.807, 2.05) is 18.7 Å². The highest BCUT2D eigenvalue weighted by Gasteiger charge is 2.33. The Kier molecular flexibility index (Phi) is 4.33. The van der Waals surface area contributed by atoms with Crippen LogP contribution in [0.25, 0.3) is 0 Å². The summed E-state index contributed by atoms with van der Waals surface area (Å²) in [6, 6.07) is 0. The molecule has 0 aromatic carbocycles. The molecule has 1 saturated heterocycles. The summed E-state index contributed by atoms with van der Waals surface area (Å²) in [6.45, 7) is 6.99. The SMILES string of the molecule is CCC(C)(N)C(=O)N1CCC(C(C)O)CC1. The number of nitrogens with two attached hydrogens (primary N) is 1. The van der Waals surface area contributed by atoms with Gasteiger partial charge in [-0.2, -0.15) is 0 Å². The fourth-order valence-corrected chi connectivity index (χ4v) is 2.10. The van der Waals surface area contributed by atoms with Crippen molar-refractivity contribution >= 4 is 5.91 Å². The Morgan fingerprint density at radius 2 is 2.06 bits per heavy atom. The van der Waals surface area contributed by atoms with Crippen LogP contribution in [-0.2, 0) is 4.79 Å². The monoisotopic (exact) mass is 228 g/mol. The smallest absolute Gasteiger partial charge is 0.242 e. The van der Waals surface area contributed by atoms with Crippen LogP contribution >= 0.6 is 0 Å². The van der Waals surface area contributed by atoms with Gasteiger partial charge in [-0.1, -0.05) is 6.92 Å². The second kappa shape index (κ2) is 5.15. The lowest BCUT2D eigenvalue weighted by molar-refractivity contribution is -0.138. The normalized spacial score (nSPS) is 23.9. The molecule has 1 rings (SSSR count). The third-order valence-corrected chi connectivity index (χ3v) is 3.73. The Hall–Kier alpha value is -0.610. The van der Waals surface area contributed by atoms with Crippen LogP contribution in [0.3, 0.4) is 0 Å². The Morgan fingerprint density at radius 1 is 1.56 bits per heavy atom. The zero-order valence-electron chi connectivity index (χ0n) is 10.6. The van der Waals surface area contributed by atoms with E-state index in [1.165, 1.54) is 0 Å². The van der Waals surface area contributed by atoms with E-state index >= 15 is 0 Å². The molecular weight excluding hydrogens is 204 g/mol. The van der Waals surface area contributed by atoms with Gasteiger partial charge < -0.3 is 15.7 Å². The van der Waals surface area contributed by atoms with Crippen molar-refractivity contribution in [1.29, 1.82) is 0 Å². The maximum Gasteiger partial charge on any atom is 0.242 e. The van der Waals surface area contributed by atoms with Gasteiger partial charge in [-0.3, -0.25) is 4.79 Å². The summed E-state index contributed by atoms with van der Waals surface area (Å²) in [5.74, 6) is 0.369. The molecule has 4 heteroatoms. The number of aliphatic hydroxyl groups excluding tert-OH is 1. The number of hydrogen-bond acceptors (Lipinski definition) is 3. The number of hydrogen-bond donors (Lipinski definition) is 2. The Labute approximate surface area is 97.8 Å². The van der Waals surface area contributed by atoms with Crippen molar-refractivity contribution in [2.45, 2.75) is 51.7 Å². The average molecular weight is 228 g/mol. The average Bonchev–Trinajstić information content (AvgIpc) is 2.28. The molecule has 16 heavy (non-hydrogen) atoms. The Morgan fingerprint density at radius 3 is 2.44 bits per heavy atom. The van der Waals surface area contributed by atoms with Crippen molar-refractivity contribution in [1.82, 2.24) is 4.90 Å². The fourth-order valence-electron chi connectivity index (χ4n) is 2.10. The first kappa shape index (κ1) is 13.5.